The van der Waals surface area contributed by atoms with Crippen molar-refractivity contribution in [2.45, 2.75) is 30.6 Å². The van der Waals surface area contributed by atoms with Crippen molar-refractivity contribution in [2.24, 2.45) is 0 Å². The number of aromatic nitrogens is 1. The Kier molecular flexibility index (Phi) is 5.15. The first-order valence-electron chi connectivity index (χ1n) is 9.00. The lowest BCUT2D eigenvalue weighted by Gasteiger charge is -2.12. The number of para-hydroxylation sites is 1. The third kappa shape index (κ3) is 3.93. The van der Waals surface area contributed by atoms with Gasteiger partial charge in [0, 0.05) is 4.88 Å². The van der Waals surface area contributed by atoms with Gasteiger partial charge in [-0.1, -0.05) is 30.3 Å². The molecule has 0 bridgehead atoms. The molecule has 2 aromatic carbocycles. The lowest BCUT2D eigenvalue weighted by Crippen LogP contribution is -2.18. The number of thiazole rings is 1. The third-order valence-electron chi connectivity index (χ3n) is 4.54. The standard InChI is InChI=1S/C20H19N3O3S2/c24-19(22-20-21-17-12-6-7-13-18(17)27-20)15-10-4-5-11-16(15)23-28(25,26)14-8-2-1-3-9-14/h1-5,8-11,23H,6-7,12-13H2,(H,21,22,24). The normalized spacial score (nSPS) is 13.6. The highest BCUT2D eigenvalue weighted by Crippen LogP contribution is 2.30. The van der Waals surface area contributed by atoms with Crippen LogP contribution in [0, 0.1) is 0 Å². The number of nitrogens with one attached hydrogen (secondary N) is 2. The van der Waals surface area contributed by atoms with E-state index in [0.29, 0.717) is 5.13 Å². The van der Waals surface area contributed by atoms with Crippen LogP contribution in [0.15, 0.2) is 59.5 Å². The molecule has 8 heteroatoms. The zero-order valence-corrected chi connectivity index (χ0v) is 16.6. The van der Waals surface area contributed by atoms with E-state index in [1.165, 1.54) is 28.3 Å². The molecule has 1 aliphatic rings. The summed E-state index contributed by atoms with van der Waals surface area (Å²) in [5.41, 5.74) is 1.53. The molecule has 1 aromatic heterocycles. The van der Waals surface area contributed by atoms with Crippen LogP contribution in [0.25, 0.3) is 0 Å². The second-order valence-electron chi connectivity index (χ2n) is 6.51. The summed E-state index contributed by atoms with van der Waals surface area (Å²) in [5.74, 6) is -0.391. The van der Waals surface area contributed by atoms with Crippen molar-refractivity contribution in [2.75, 3.05) is 10.0 Å². The first-order valence-corrected chi connectivity index (χ1v) is 11.3. The van der Waals surface area contributed by atoms with Crippen LogP contribution in [0.3, 0.4) is 0 Å². The number of anilines is 2. The molecule has 1 aliphatic carbocycles. The predicted molar refractivity (Wildman–Crippen MR) is 110 cm³/mol. The first kappa shape index (κ1) is 18.6. The van der Waals surface area contributed by atoms with Gasteiger partial charge in [-0.15, -0.1) is 11.3 Å². The van der Waals surface area contributed by atoms with Crippen molar-refractivity contribution >= 4 is 38.1 Å². The number of hydrogen-bond acceptors (Lipinski definition) is 5. The SMILES string of the molecule is O=C(Nc1nc2c(s1)CCCC2)c1ccccc1NS(=O)(=O)c1ccccc1. The van der Waals surface area contributed by atoms with Gasteiger partial charge in [0.25, 0.3) is 15.9 Å². The number of carbonyl (C=O) groups excluding carboxylic acids is 1. The second-order valence-corrected chi connectivity index (χ2v) is 9.28. The molecule has 0 saturated heterocycles. The number of amides is 1. The molecule has 1 heterocycles. The van der Waals surface area contributed by atoms with Gasteiger partial charge in [-0.05, 0) is 49.9 Å². The predicted octanol–water partition coefficient (Wildman–Crippen LogP) is 4.08. The van der Waals surface area contributed by atoms with E-state index in [1.807, 2.05) is 0 Å². The van der Waals surface area contributed by atoms with Gasteiger partial charge in [0.05, 0.1) is 21.8 Å². The first-order chi connectivity index (χ1) is 13.5. The van der Waals surface area contributed by atoms with Gasteiger partial charge in [-0.3, -0.25) is 14.8 Å². The molecule has 6 nitrogen and oxygen atoms in total. The molecule has 0 unspecified atom stereocenters. The van der Waals surface area contributed by atoms with Gasteiger partial charge in [0.2, 0.25) is 0 Å². The Bertz CT molecular complexity index is 1090. The highest BCUT2D eigenvalue weighted by molar-refractivity contribution is 7.92. The average molecular weight is 414 g/mol. The summed E-state index contributed by atoms with van der Waals surface area (Å²) in [4.78, 5) is 18.7. The number of aryl methyl sites for hydroxylation is 2. The van der Waals surface area contributed by atoms with Crippen LogP contribution in [0.5, 0.6) is 0 Å². The summed E-state index contributed by atoms with van der Waals surface area (Å²) in [6.45, 7) is 0. The van der Waals surface area contributed by atoms with Gasteiger partial charge in [-0.2, -0.15) is 0 Å². The van der Waals surface area contributed by atoms with E-state index in [2.05, 4.69) is 15.0 Å². The van der Waals surface area contributed by atoms with Gasteiger partial charge < -0.3 is 0 Å². The van der Waals surface area contributed by atoms with Crippen LogP contribution in [0.4, 0.5) is 10.8 Å². The number of carbonyl (C=O) groups is 1. The number of sulfonamides is 1. The van der Waals surface area contributed by atoms with E-state index in [0.717, 1.165) is 31.4 Å². The summed E-state index contributed by atoms with van der Waals surface area (Å²) in [7, 11) is -3.79. The Labute approximate surface area is 167 Å². The van der Waals surface area contributed by atoms with Crippen LogP contribution in [0.1, 0.15) is 33.8 Å². The summed E-state index contributed by atoms with van der Waals surface area (Å²) >= 11 is 1.49. The van der Waals surface area contributed by atoms with Gasteiger partial charge in [0.15, 0.2) is 5.13 Å². The summed E-state index contributed by atoms with van der Waals surface area (Å²) < 4.78 is 27.7. The molecule has 0 saturated carbocycles. The molecular weight excluding hydrogens is 394 g/mol. The molecular formula is C20H19N3O3S2. The van der Waals surface area contributed by atoms with E-state index in [1.54, 1.807) is 42.5 Å². The summed E-state index contributed by atoms with van der Waals surface area (Å²) in [5, 5.41) is 3.37. The van der Waals surface area contributed by atoms with Crippen molar-refractivity contribution < 1.29 is 13.2 Å². The van der Waals surface area contributed by atoms with Crippen molar-refractivity contribution in [3.05, 3.63) is 70.7 Å². The average Bonchev–Trinajstić information content (AvgIpc) is 3.11. The van der Waals surface area contributed by atoms with Crippen molar-refractivity contribution in [3.8, 4) is 0 Å². The summed E-state index contributed by atoms with van der Waals surface area (Å²) in [6, 6.07) is 14.6. The van der Waals surface area contributed by atoms with Crippen LogP contribution < -0.4 is 10.0 Å². The largest absolute Gasteiger partial charge is 0.298 e. The van der Waals surface area contributed by atoms with Crippen molar-refractivity contribution in [1.82, 2.24) is 4.98 Å². The Balaban J connectivity index is 1.57. The molecule has 4 rings (SSSR count). The minimum absolute atomic E-state index is 0.137. The van der Waals surface area contributed by atoms with Crippen LogP contribution >= 0.6 is 11.3 Å². The maximum Gasteiger partial charge on any atom is 0.261 e. The summed E-state index contributed by atoms with van der Waals surface area (Å²) in [6.07, 6.45) is 4.20. The second kappa shape index (κ2) is 7.73. The van der Waals surface area contributed by atoms with Crippen LogP contribution in [0.2, 0.25) is 0 Å². The van der Waals surface area contributed by atoms with E-state index >= 15 is 0 Å². The molecule has 28 heavy (non-hydrogen) atoms. The maximum absolute atomic E-state index is 12.8. The number of benzene rings is 2. The van der Waals surface area contributed by atoms with Gasteiger partial charge >= 0.3 is 0 Å². The zero-order chi connectivity index (χ0) is 19.6. The van der Waals surface area contributed by atoms with E-state index in [-0.39, 0.29) is 16.1 Å². The minimum atomic E-state index is -3.79. The topological polar surface area (TPSA) is 88.2 Å². The Morgan fingerprint density at radius 2 is 1.68 bits per heavy atom. The smallest absolute Gasteiger partial charge is 0.261 e. The zero-order valence-electron chi connectivity index (χ0n) is 15.0. The Morgan fingerprint density at radius 3 is 2.46 bits per heavy atom. The molecule has 1 amide bonds. The number of nitrogens with zero attached hydrogens (tertiary/aromatic N) is 1. The van der Waals surface area contributed by atoms with Crippen LogP contribution in [-0.2, 0) is 22.9 Å². The van der Waals surface area contributed by atoms with Gasteiger partial charge in [-0.25, -0.2) is 13.4 Å². The highest BCUT2D eigenvalue weighted by Gasteiger charge is 2.20. The molecule has 0 aliphatic heterocycles. The van der Waals surface area contributed by atoms with Gasteiger partial charge in [0.1, 0.15) is 0 Å². The fourth-order valence-corrected chi connectivity index (χ4v) is 5.29. The lowest BCUT2D eigenvalue weighted by atomic mass is 10.0. The van der Waals surface area contributed by atoms with E-state index in [4.69, 9.17) is 0 Å². The van der Waals surface area contributed by atoms with Crippen molar-refractivity contribution in [3.63, 3.8) is 0 Å². The molecule has 3 aromatic rings. The van der Waals surface area contributed by atoms with Crippen molar-refractivity contribution in [1.29, 1.82) is 0 Å². The van der Waals surface area contributed by atoms with Crippen LogP contribution in [-0.4, -0.2) is 19.3 Å². The Hall–Kier alpha value is -2.71. The molecule has 0 radical (unpaired) electrons. The fourth-order valence-electron chi connectivity index (χ4n) is 3.14. The van der Waals surface area contributed by atoms with E-state index < -0.39 is 15.9 Å². The number of rotatable bonds is 5. The molecule has 0 atom stereocenters. The molecule has 2 N–H and O–H groups in total. The molecule has 144 valence electrons. The third-order valence-corrected chi connectivity index (χ3v) is 6.99. The molecule has 0 spiro atoms. The lowest BCUT2D eigenvalue weighted by molar-refractivity contribution is 0.102. The molecule has 0 fully saturated rings. The highest BCUT2D eigenvalue weighted by atomic mass is 32.2. The fraction of sp³-hybridized carbons (Fsp3) is 0.200. The minimum Gasteiger partial charge on any atom is -0.298 e. The maximum atomic E-state index is 12.8. The quantitative estimate of drug-likeness (QED) is 0.660. The van der Waals surface area contributed by atoms with E-state index in [9.17, 15) is 13.2 Å². The Morgan fingerprint density at radius 1 is 0.964 bits per heavy atom. The number of fused-ring (bicyclic) bond motifs is 1. The number of hydrogen-bond donors (Lipinski definition) is 2. The monoisotopic (exact) mass is 413 g/mol.